The lowest BCUT2D eigenvalue weighted by atomic mass is 10.1. The number of rotatable bonds is 5. The number of aliphatic hydroxyl groups is 1. The molecule has 0 saturated heterocycles. The monoisotopic (exact) mass is 248 g/mol. The first-order valence-corrected chi connectivity index (χ1v) is 5.54. The van der Waals surface area contributed by atoms with E-state index in [0.717, 1.165) is 11.1 Å². The van der Waals surface area contributed by atoms with E-state index in [1.165, 1.54) is 0 Å². The van der Waals surface area contributed by atoms with Crippen LogP contribution in [0.25, 0.3) is 0 Å². The van der Waals surface area contributed by atoms with Gasteiger partial charge in [0.2, 0.25) is 0 Å². The third kappa shape index (κ3) is 4.48. The van der Waals surface area contributed by atoms with Crippen LogP contribution in [0.2, 0.25) is 0 Å². The van der Waals surface area contributed by atoms with Crippen LogP contribution in [0.15, 0.2) is 18.2 Å². The predicted molar refractivity (Wildman–Crippen MR) is 67.2 cm³/mol. The maximum Gasteiger partial charge on any atom is 0.384 e. The highest BCUT2D eigenvalue weighted by Crippen LogP contribution is 2.18. The van der Waals surface area contributed by atoms with Crippen molar-refractivity contribution < 1.29 is 19.4 Å². The van der Waals surface area contributed by atoms with E-state index in [2.05, 4.69) is 4.74 Å². The summed E-state index contributed by atoms with van der Waals surface area (Å²) in [7, 11) is 0. The second-order valence-corrected chi connectivity index (χ2v) is 3.98. The van der Waals surface area contributed by atoms with Gasteiger partial charge in [-0.2, -0.15) is 0 Å². The molecule has 4 heteroatoms. The molecule has 0 amide bonds. The van der Waals surface area contributed by atoms with Crippen molar-refractivity contribution in [3.63, 3.8) is 0 Å². The second kappa shape index (κ2) is 6.67. The number of hydrogen-bond acceptors (Lipinski definition) is 4. The minimum Gasteiger partial charge on any atom is -0.490 e. The molecule has 1 N–H and O–H groups in total. The maximum absolute atomic E-state index is 10.7. The van der Waals surface area contributed by atoms with Gasteiger partial charge in [-0.3, -0.25) is 0 Å². The van der Waals surface area contributed by atoms with Crippen LogP contribution in [0.5, 0.6) is 5.75 Å². The Kier molecular flexibility index (Phi) is 5.22. The van der Waals surface area contributed by atoms with E-state index in [-0.39, 0.29) is 13.2 Å². The third-order valence-electron chi connectivity index (χ3n) is 2.29. The molecule has 0 heterocycles. The fourth-order valence-electron chi connectivity index (χ4n) is 1.41. The van der Waals surface area contributed by atoms with Gasteiger partial charge in [-0.1, -0.05) is 17.7 Å². The number of aryl methyl sites for hydroxylation is 2. The highest BCUT2D eigenvalue weighted by Gasteiger charge is 2.09. The Labute approximate surface area is 107 Å². The lowest BCUT2D eigenvalue weighted by Crippen LogP contribution is -2.25. The van der Waals surface area contributed by atoms with Gasteiger partial charge in [0.15, 0.2) is 0 Å². The minimum atomic E-state index is -0.900. The average molecular weight is 248 g/mol. The number of benzene rings is 1. The third-order valence-corrected chi connectivity index (χ3v) is 2.29. The van der Waals surface area contributed by atoms with E-state index in [9.17, 15) is 9.90 Å². The van der Waals surface area contributed by atoms with Gasteiger partial charge >= 0.3 is 5.97 Å². The number of carbonyl (C=O) groups is 1. The van der Waals surface area contributed by atoms with E-state index < -0.39 is 12.1 Å². The summed E-state index contributed by atoms with van der Waals surface area (Å²) >= 11 is 0. The first-order valence-electron chi connectivity index (χ1n) is 5.54. The molecule has 0 saturated carbocycles. The molecule has 4 nitrogen and oxygen atoms in total. The molecule has 0 aromatic heterocycles. The van der Waals surface area contributed by atoms with E-state index >= 15 is 0 Å². The Morgan fingerprint density at radius 2 is 2.17 bits per heavy atom. The lowest BCUT2D eigenvalue weighted by molar-refractivity contribution is -0.140. The summed E-state index contributed by atoms with van der Waals surface area (Å²) in [5.41, 5.74) is 2.13. The number of terminal acetylenes is 1. The van der Waals surface area contributed by atoms with Gasteiger partial charge in [-0.05, 0) is 25.5 Å². The molecule has 0 radical (unpaired) electrons. The summed E-state index contributed by atoms with van der Waals surface area (Å²) < 4.78 is 10.0. The molecule has 0 bridgehead atoms. The van der Waals surface area contributed by atoms with Gasteiger partial charge in [0.1, 0.15) is 25.1 Å². The number of ether oxygens (including phenoxy) is 2. The molecule has 1 aromatic carbocycles. The Morgan fingerprint density at radius 3 is 2.78 bits per heavy atom. The second-order valence-electron chi connectivity index (χ2n) is 3.98. The Hall–Kier alpha value is -1.99. The zero-order valence-corrected chi connectivity index (χ0v) is 10.5. The molecule has 1 rings (SSSR count). The molecule has 1 unspecified atom stereocenters. The van der Waals surface area contributed by atoms with Crippen LogP contribution in [0.4, 0.5) is 0 Å². The summed E-state index contributed by atoms with van der Waals surface area (Å²) in [6.45, 7) is 3.79. The fourth-order valence-corrected chi connectivity index (χ4v) is 1.41. The van der Waals surface area contributed by atoms with E-state index in [0.29, 0.717) is 5.75 Å². The zero-order valence-electron chi connectivity index (χ0n) is 10.5. The molecule has 18 heavy (non-hydrogen) atoms. The number of hydrogen-bond donors (Lipinski definition) is 1. The SMILES string of the molecule is C#CC(=O)OCC(O)COc1ccc(C)cc1C. The standard InChI is InChI=1S/C14H16O4/c1-4-14(16)18-9-12(15)8-17-13-6-5-10(2)7-11(13)3/h1,5-7,12,15H,8-9H2,2-3H3. The molecule has 0 spiro atoms. The molecule has 0 aliphatic carbocycles. The lowest BCUT2D eigenvalue weighted by Gasteiger charge is -2.13. The van der Waals surface area contributed by atoms with Gasteiger partial charge in [0.05, 0.1) is 0 Å². The average Bonchev–Trinajstić information content (AvgIpc) is 2.34. The van der Waals surface area contributed by atoms with Crippen molar-refractivity contribution >= 4 is 5.97 Å². The van der Waals surface area contributed by atoms with Gasteiger partial charge in [0.25, 0.3) is 0 Å². The Morgan fingerprint density at radius 1 is 1.44 bits per heavy atom. The summed E-state index contributed by atoms with van der Waals surface area (Å²) in [6, 6.07) is 5.75. The van der Waals surface area contributed by atoms with Gasteiger partial charge in [-0.25, -0.2) is 4.79 Å². The molecular weight excluding hydrogens is 232 g/mol. The zero-order chi connectivity index (χ0) is 13.5. The van der Waals surface area contributed by atoms with Crippen molar-refractivity contribution in [3.05, 3.63) is 29.3 Å². The van der Waals surface area contributed by atoms with Crippen LogP contribution in [-0.2, 0) is 9.53 Å². The summed E-state index contributed by atoms with van der Waals surface area (Å²) in [5, 5.41) is 9.53. The van der Waals surface area contributed by atoms with Crippen LogP contribution >= 0.6 is 0 Å². The maximum atomic E-state index is 10.7. The largest absolute Gasteiger partial charge is 0.490 e. The van der Waals surface area contributed by atoms with Gasteiger partial charge in [-0.15, -0.1) is 6.42 Å². The van der Waals surface area contributed by atoms with E-state index in [4.69, 9.17) is 11.2 Å². The van der Waals surface area contributed by atoms with Crippen LogP contribution in [0.1, 0.15) is 11.1 Å². The molecule has 1 atom stereocenters. The van der Waals surface area contributed by atoms with E-state index in [1.807, 2.05) is 32.0 Å². The Bertz CT molecular complexity index is 459. The highest BCUT2D eigenvalue weighted by atomic mass is 16.5. The quantitative estimate of drug-likeness (QED) is 0.483. The fraction of sp³-hybridized carbons (Fsp3) is 0.357. The van der Waals surface area contributed by atoms with Crippen LogP contribution in [0.3, 0.4) is 0 Å². The van der Waals surface area contributed by atoms with Gasteiger partial charge in [0, 0.05) is 5.92 Å². The van der Waals surface area contributed by atoms with Crippen molar-refractivity contribution in [1.29, 1.82) is 0 Å². The summed E-state index contributed by atoms with van der Waals surface area (Å²) in [6.07, 6.45) is 3.92. The molecule has 1 aromatic rings. The minimum absolute atomic E-state index is 0.0434. The summed E-state index contributed by atoms with van der Waals surface area (Å²) in [5.74, 6) is 1.70. The van der Waals surface area contributed by atoms with Crippen LogP contribution in [0, 0.1) is 26.2 Å². The topological polar surface area (TPSA) is 55.8 Å². The first kappa shape index (κ1) is 14.1. The molecule has 0 aliphatic rings. The highest BCUT2D eigenvalue weighted by molar-refractivity contribution is 5.87. The van der Waals surface area contributed by atoms with Crippen LogP contribution < -0.4 is 4.74 Å². The number of carbonyl (C=O) groups excluding carboxylic acids is 1. The Balaban J connectivity index is 2.40. The van der Waals surface area contributed by atoms with Crippen LogP contribution in [-0.4, -0.2) is 30.4 Å². The normalized spacial score (nSPS) is 11.4. The van der Waals surface area contributed by atoms with Crippen molar-refractivity contribution in [2.45, 2.75) is 20.0 Å². The number of aliphatic hydroxyl groups excluding tert-OH is 1. The van der Waals surface area contributed by atoms with Gasteiger partial charge < -0.3 is 14.6 Å². The molecule has 96 valence electrons. The predicted octanol–water partition coefficient (Wildman–Crippen LogP) is 1.22. The smallest absolute Gasteiger partial charge is 0.384 e. The van der Waals surface area contributed by atoms with E-state index in [1.54, 1.807) is 5.92 Å². The summed E-state index contributed by atoms with van der Waals surface area (Å²) in [4.78, 5) is 10.7. The van der Waals surface area contributed by atoms with Crippen molar-refractivity contribution in [1.82, 2.24) is 0 Å². The first-order chi connectivity index (χ1) is 8.52. The number of esters is 1. The molecule has 0 aliphatic heterocycles. The molecule has 0 fully saturated rings. The van der Waals surface area contributed by atoms with Crippen molar-refractivity contribution in [3.8, 4) is 18.1 Å². The van der Waals surface area contributed by atoms with Crippen molar-refractivity contribution in [2.24, 2.45) is 0 Å². The molecular formula is C14H16O4. The van der Waals surface area contributed by atoms with Crippen molar-refractivity contribution in [2.75, 3.05) is 13.2 Å².